The van der Waals surface area contributed by atoms with Gasteiger partial charge in [0.2, 0.25) is 0 Å². The maximum absolute atomic E-state index is 12.2. The van der Waals surface area contributed by atoms with E-state index < -0.39 is 175 Å². The Kier molecular flexibility index (Phi) is 16.7. The van der Waals surface area contributed by atoms with Crippen LogP contribution in [0.15, 0.2) is 374 Å². The molecule has 14 nitrogen and oxygen atoms in total. The minimum absolute atomic E-state index is 0.00564. The lowest BCUT2D eigenvalue weighted by Gasteiger charge is -2.06. The van der Waals surface area contributed by atoms with E-state index in [0.29, 0.717) is 28.2 Å². The van der Waals surface area contributed by atoms with Crippen molar-refractivity contribution in [2.45, 2.75) is 93.1 Å². The van der Waals surface area contributed by atoms with Crippen LogP contribution in [0, 0.1) is 0 Å². The van der Waals surface area contributed by atoms with E-state index in [4.69, 9.17) is 48.0 Å². The smallest absolute Gasteiger partial charge is 0.255 e. The monoisotopic (exact) mass is 1430 g/mol. The Hall–Kier alpha value is -12.8. The Labute approximate surface area is 663 Å². The summed E-state index contributed by atoms with van der Waals surface area (Å²) >= 11 is 0. The number of rotatable bonds is 14. The molecule has 14 heteroatoms. The highest BCUT2D eigenvalue weighted by Crippen LogP contribution is 2.13. The zero-order valence-electron chi connectivity index (χ0n) is 92.7. The maximum atomic E-state index is 12.2. The molecule has 0 aliphatic carbocycles. The third kappa shape index (κ3) is 23.4. The first-order valence-electron chi connectivity index (χ1n) is 49.2. The molecule has 7 aromatic heterocycles. The Bertz CT molecular complexity index is 7340. The number of aryl methyl sites for hydroxylation is 7. The third-order valence-electron chi connectivity index (χ3n) is 14.2. The molecule has 7 aromatic carbocycles. The lowest BCUT2D eigenvalue weighted by atomic mass is 10.2. The summed E-state index contributed by atoms with van der Waals surface area (Å²) in [4.78, 5) is 83.8. The number of aromatic nitrogens is 7. The Morgan fingerprint density at radius 2 is 0.438 bits per heavy atom. The highest BCUT2D eigenvalue weighted by atomic mass is 16.2. The zero-order valence-corrected chi connectivity index (χ0v) is 57.7. The average Bonchev–Trinajstić information content (AvgIpc) is 0.704. The molecule has 0 saturated heterocycles. The van der Waals surface area contributed by atoms with E-state index >= 15 is 0 Å². The van der Waals surface area contributed by atoms with E-state index in [2.05, 4.69) is 0 Å². The van der Waals surface area contributed by atoms with Crippen molar-refractivity contribution < 1.29 is 48.0 Å². The van der Waals surface area contributed by atoms with Gasteiger partial charge in [-0.2, -0.15) is 0 Å². The molecule has 0 N–H and O–H groups in total. The second-order valence-electron chi connectivity index (χ2n) is 20.9. The van der Waals surface area contributed by atoms with Crippen LogP contribution in [0.4, 0.5) is 0 Å². The van der Waals surface area contributed by atoms with Gasteiger partial charge in [0.25, 0.3) is 38.9 Å². The maximum Gasteiger partial charge on any atom is 0.255 e. The van der Waals surface area contributed by atoms with Crippen molar-refractivity contribution in [2.75, 3.05) is 0 Å². The van der Waals surface area contributed by atoms with Gasteiger partial charge in [0.05, 0.1) is 28.8 Å². The number of hydrogen-bond acceptors (Lipinski definition) is 7. The van der Waals surface area contributed by atoms with Crippen molar-refractivity contribution in [3.63, 3.8) is 0 Å². The number of benzene rings is 7. The SMILES string of the molecule is [2H]C([2H])(C)c1ccc(=O)n(-c2ccccc2)c1.[2H]c1c([2H])c([2H])c(-n2cc(C([2H])([2H])C)cc([2H])c2=O)c([2H])c1[2H].[2H]c1c([2H])c([2H])c(-n2cc(C([2H])([2H])C)ccc2=O)c([2H])c1[2H].[2H]c1cc(=O)n(-c2c([2H])c([2H])c([2H])c([2H])c2[2H])cc1C([2H])([2H])C.[2H]c1cc(=O)n(-c2ccccc2)cc1C([2H])([2H])C.[2H]c1cc(C([2H])([2H])C)c([2H])n(-c2ccccc2)c1=O.[2H]c1cc(C([2H])([2H])C)cn(-c2ccccc2)c1=O. The summed E-state index contributed by atoms with van der Waals surface area (Å²) in [6, 6.07) is 36.4. The van der Waals surface area contributed by atoms with Crippen LogP contribution in [0.5, 0.6) is 0 Å². The number of hydrogen-bond donors (Lipinski definition) is 0. The van der Waals surface area contributed by atoms with E-state index in [1.807, 2.05) is 42.5 Å². The van der Waals surface area contributed by atoms with Gasteiger partial charge in [-0.1, -0.05) is 218 Å². The molecule has 0 unspecified atom stereocenters. The molecule has 0 radical (unpaired) electrons. The molecule has 0 bridgehead atoms. The summed E-state index contributed by atoms with van der Waals surface area (Å²) in [6.07, 6.45) is -4.57. The van der Waals surface area contributed by atoms with E-state index in [1.165, 1.54) is 98.8 Å². The van der Waals surface area contributed by atoms with E-state index in [9.17, 15) is 33.6 Å². The fourth-order valence-electron chi connectivity index (χ4n) is 8.84. The second kappa shape index (κ2) is 41.2. The Morgan fingerprint density at radius 1 is 0.210 bits per heavy atom. The van der Waals surface area contributed by atoms with Crippen molar-refractivity contribution >= 4 is 0 Å². The normalized spacial score (nSPS) is 15.9. The van der Waals surface area contributed by atoms with Gasteiger partial charge in [-0.15, -0.1) is 0 Å². The lowest BCUT2D eigenvalue weighted by molar-refractivity contribution is 0.953. The van der Waals surface area contributed by atoms with Crippen molar-refractivity contribution in [2.24, 2.45) is 0 Å². The molecule has 0 saturated carbocycles. The molecule has 105 heavy (non-hydrogen) atoms. The van der Waals surface area contributed by atoms with Crippen LogP contribution in [0.3, 0.4) is 0 Å². The largest absolute Gasteiger partial charge is 0.284 e. The van der Waals surface area contributed by atoms with Gasteiger partial charge in [-0.25, -0.2) is 0 Å². The van der Waals surface area contributed by atoms with Crippen molar-refractivity contribution in [1.82, 2.24) is 32.0 Å². The fourth-order valence-corrected chi connectivity index (χ4v) is 8.84. The van der Waals surface area contributed by atoms with Crippen LogP contribution in [-0.2, 0) is 44.6 Å². The van der Waals surface area contributed by atoms with Gasteiger partial charge in [0.1, 0.15) is 0 Å². The fraction of sp³-hybridized carbons (Fsp3) is 0.154. The van der Waals surface area contributed by atoms with Gasteiger partial charge in [0.15, 0.2) is 0 Å². The highest BCUT2D eigenvalue weighted by Gasteiger charge is 2.06. The number of para-hydroxylation sites is 7. The first-order valence-corrected chi connectivity index (χ1v) is 31.7. The van der Waals surface area contributed by atoms with E-state index in [1.54, 1.807) is 85.1 Å². The van der Waals surface area contributed by atoms with Crippen LogP contribution in [-0.4, -0.2) is 32.0 Å². The summed E-state index contributed by atoms with van der Waals surface area (Å²) < 4.78 is 277. The standard InChI is InChI=1S/7C13H13NO/c7*1-2-11-8-9-13(15)14(10-11)12-6-4-3-5-7-12/h7*3-10H,2H2,1H3/i2D2,3D,4D,5D,6D,7D,9D;2D2,3D,4D,5D,6D,7D,8D;2D2,3D,4D,5D,6D,7D;2D2,9D,10D;2D2,9D;2D2,8D;2D2. The number of nitrogens with zero attached hydrogens (tertiary/aromatic N) is 7. The summed E-state index contributed by atoms with van der Waals surface area (Å²) in [5.41, 5.74) is -1.35. The molecule has 532 valence electrons. The molecule has 0 fully saturated rings. The van der Waals surface area contributed by atoms with E-state index in [-0.39, 0.29) is 80.7 Å². The first-order chi connectivity index (χ1) is 64.6. The zero-order chi connectivity index (χ0) is 106. The first kappa shape index (κ1) is 42.6. The minimum atomic E-state index is -1.93. The summed E-state index contributed by atoms with van der Waals surface area (Å²) in [5.74, 6) is 0. The number of pyridine rings is 7. The lowest BCUT2D eigenvalue weighted by Crippen LogP contribution is -2.16. The van der Waals surface area contributed by atoms with Crippen molar-refractivity contribution in [3.05, 3.63) is 452 Å². The summed E-state index contributed by atoms with van der Waals surface area (Å²) in [6.45, 7) is 9.30. The minimum Gasteiger partial charge on any atom is -0.284 e. The van der Waals surface area contributed by atoms with Gasteiger partial charge in [0, 0.05) is 145 Å². The molecule has 0 amide bonds. The predicted octanol–water partition coefficient (Wildman–Crippen LogP) is 16.8. The van der Waals surface area contributed by atoms with Gasteiger partial charge >= 0.3 is 0 Å². The van der Waals surface area contributed by atoms with Crippen LogP contribution in [0.25, 0.3) is 39.8 Å². The quantitative estimate of drug-likeness (QED) is 0.105. The molecule has 0 atom stereocenters. The molecule has 0 spiro atoms. The molecule has 0 aliphatic heterocycles. The molecule has 7 heterocycles. The predicted molar refractivity (Wildman–Crippen MR) is 430 cm³/mol. The summed E-state index contributed by atoms with van der Waals surface area (Å²) in [7, 11) is 0. The van der Waals surface area contributed by atoms with Crippen LogP contribution in [0.2, 0.25) is 0 Å². The van der Waals surface area contributed by atoms with Gasteiger partial charge in [-0.3, -0.25) is 65.5 Å². The second-order valence-corrected chi connectivity index (χ2v) is 20.9. The molecule has 14 aromatic rings. The van der Waals surface area contributed by atoms with Gasteiger partial charge < -0.3 is 0 Å². The summed E-state index contributed by atoms with van der Waals surface area (Å²) in [5, 5.41) is 0. The Balaban J connectivity index is 0.000000201. The molecule has 0 aliphatic rings. The highest BCUT2D eigenvalue weighted by molar-refractivity contribution is 5.39. The molecular formula is C91H91N7O7. The molecular weight excluding hydrogens is 1300 g/mol. The van der Waals surface area contributed by atoms with Gasteiger partial charge in [-0.05, 0) is 168 Å². The third-order valence-corrected chi connectivity index (χ3v) is 14.2. The van der Waals surface area contributed by atoms with Crippen molar-refractivity contribution in [3.8, 4) is 39.8 Å². The van der Waals surface area contributed by atoms with Crippen LogP contribution < -0.4 is 38.9 Å². The van der Waals surface area contributed by atoms with Crippen molar-refractivity contribution in [1.29, 1.82) is 0 Å². The van der Waals surface area contributed by atoms with E-state index in [0.717, 1.165) is 72.9 Å². The van der Waals surface area contributed by atoms with Crippen LogP contribution in [0.1, 0.15) is 135 Å². The Morgan fingerprint density at radius 3 is 0.743 bits per heavy atom. The van der Waals surface area contributed by atoms with Crippen LogP contribution >= 0.6 is 0 Å². The topological polar surface area (TPSA) is 154 Å². The molecule has 14 rings (SSSR count). The average molecular weight is 1430 g/mol.